The van der Waals surface area contributed by atoms with E-state index >= 15 is 0 Å². The van der Waals surface area contributed by atoms with Gasteiger partial charge in [0.15, 0.2) is 11.5 Å². The lowest BCUT2D eigenvalue weighted by Gasteiger charge is -2.19. The van der Waals surface area contributed by atoms with Gasteiger partial charge in [0.05, 0.1) is 17.6 Å². The second kappa shape index (κ2) is 10.1. The molecule has 0 bridgehead atoms. The van der Waals surface area contributed by atoms with Gasteiger partial charge in [-0.25, -0.2) is 19.2 Å². The summed E-state index contributed by atoms with van der Waals surface area (Å²) in [5, 5.41) is 3.85. The summed E-state index contributed by atoms with van der Waals surface area (Å²) < 4.78 is 30.2. The number of cyclic esters (lactones) is 1. The predicted octanol–water partition coefficient (Wildman–Crippen LogP) is 3.89. The maximum absolute atomic E-state index is 13.5. The van der Waals surface area contributed by atoms with E-state index in [1.165, 1.54) is 23.4 Å². The Morgan fingerprint density at radius 2 is 2.06 bits per heavy atom. The highest BCUT2D eigenvalue weighted by Gasteiger charge is 2.19. The molecule has 1 aromatic heterocycles. The molecule has 2 aromatic carbocycles. The number of benzene rings is 2. The lowest BCUT2D eigenvalue weighted by Crippen LogP contribution is -2.32. The van der Waals surface area contributed by atoms with Gasteiger partial charge in [0.2, 0.25) is 0 Å². The van der Waals surface area contributed by atoms with E-state index in [0.29, 0.717) is 60.1 Å². The van der Waals surface area contributed by atoms with Crippen molar-refractivity contribution in [2.24, 2.45) is 0 Å². The Kier molecular flexibility index (Phi) is 6.95. The monoisotopic (exact) mass is 475 g/mol. The largest absolute Gasteiger partial charge is 0.493 e. The van der Waals surface area contributed by atoms with E-state index in [1.807, 2.05) is 4.90 Å². The minimum absolute atomic E-state index is 0.00874. The molecular formula is C22H23ClFN5O4. The Morgan fingerprint density at radius 1 is 1.21 bits per heavy atom. The van der Waals surface area contributed by atoms with Crippen molar-refractivity contribution in [1.82, 2.24) is 19.8 Å². The number of hydrogen-bond donors (Lipinski definition) is 1. The van der Waals surface area contributed by atoms with Crippen molar-refractivity contribution in [3.05, 3.63) is 47.5 Å². The normalized spacial score (nSPS) is 14.7. The van der Waals surface area contributed by atoms with Crippen LogP contribution in [0.4, 0.5) is 20.7 Å². The van der Waals surface area contributed by atoms with Crippen LogP contribution in [0.5, 0.6) is 11.5 Å². The molecule has 0 atom stereocenters. The number of nitrogens with zero attached hydrogens (tertiary/aromatic N) is 4. The quantitative estimate of drug-likeness (QED) is 0.550. The lowest BCUT2D eigenvalue weighted by atomic mass is 10.2. The molecule has 1 N–H and O–H groups in total. The van der Waals surface area contributed by atoms with Gasteiger partial charge in [0.1, 0.15) is 31.3 Å². The smallest absolute Gasteiger partial charge is 0.410 e. The number of hydrogen-bond acceptors (Lipinski definition) is 8. The molecule has 1 aliphatic rings. The fourth-order valence-corrected chi connectivity index (χ4v) is 3.49. The standard InChI is InChI=1S/C22H23ClFN5O4/c1-28-5-6-29(13-33-22(28)30)7-8-32-20-10-15-18(11-19(20)31-2)25-12-26-21(15)27-14-3-4-17(24)16(23)9-14/h3-4,9-12H,5-8,13H2,1-2H3,(H,25,26,27). The van der Waals surface area contributed by atoms with E-state index in [1.54, 1.807) is 32.4 Å². The van der Waals surface area contributed by atoms with Crippen LogP contribution in [0.2, 0.25) is 5.02 Å². The number of ether oxygens (including phenoxy) is 3. The summed E-state index contributed by atoms with van der Waals surface area (Å²) in [6.45, 7) is 2.39. The van der Waals surface area contributed by atoms with Crippen molar-refractivity contribution in [3.63, 3.8) is 0 Å². The van der Waals surface area contributed by atoms with Gasteiger partial charge >= 0.3 is 6.09 Å². The number of anilines is 2. The third-order valence-corrected chi connectivity index (χ3v) is 5.49. The molecule has 1 amide bonds. The fourth-order valence-electron chi connectivity index (χ4n) is 3.31. The number of fused-ring (bicyclic) bond motifs is 1. The van der Waals surface area contributed by atoms with Crippen molar-refractivity contribution in [2.45, 2.75) is 0 Å². The van der Waals surface area contributed by atoms with Crippen molar-refractivity contribution in [3.8, 4) is 11.5 Å². The molecule has 9 nitrogen and oxygen atoms in total. The third-order valence-electron chi connectivity index (χ3n) is 5.20. The Labute approximate surface area is 195 Å². The number of amides is 1. The number of carbonyl (C=O) groups is 1. The third kappa shape index (κ3) is 5.35. The first kappa shape index (κ1) is 22.8. The molecule has 4 rings (SSSR count). The van der Waals surface area contributed by atoms with E-state index in [0.717, 1.165) is 0 Å². The van der Waals surface area contributed by atoms with Gasteiger partial charge in [-0.05, 0) is 24.3 Å². The van der Waals surface area contributed by atoms with Crippen LogP contribution >= 0.6 is 11.6 Å². The second-order valence-electron chi connectivity index (χ2n) is 7.42. The highest BCUT2D eigenvalue weighted by atomic mass is 35.5. The van der Waals surface area contributed by atoms with E-state index in [9.17, 15) is 9.18 Å². The Hall–Kier alpha value is -3.37. The molecule has 0 radical (unpaired) electrons. The molecule has 0 aliphatic carbocycles. The van der Waals surface area contributed by atoms with Gasteiger partial charge in [-0.15, -0.1) is 0 Å². The zero-order valence-electron chi connectivity index (χ0n) is 18.2. The van der Waals surface area contributed by atoms with Crippen molar-refractivity contribution < 1.29 is 23.4 Å². The van der Waals surface area contributed by atoms with Crippen LogP contribution in [0.15, 0.2) is 36.7 Å². The van der Waals surface area contributed by atoms with Crippen LogP contribution in [0.1, 0.15) is 0 Å². The van der Waals surface area contributed by atoms with Crippen LogP contribution in [-0.2, 0) is 4.74 Å². The van der Waals surface area contributed by atoms with Crippen molar-refractivity contribution in [2.75, 3.05) is 52.4 Å². The molecule has 0 saturated carbocycles. The second-order valence-corrected chi connectivity index (χ2v) is 7.83. The molecule has 2 heterocycles. The van der Waals surface area contributed by atoms with Gasteiger partial charge in [-0.3, -0.25) is 4.90 Å². The number of methoxy groups -OCH3 is 1. The number of likely N-dealkylation sites (N-methyl/N-ethyl adjacent to an activating group) is 1. The Morgan fingerprint density at radius 3 is 2.85 bits per heavy atom. The molecule has 174 valence electrons. The van der Waals surface area contributed by atoms with Crippen LogP contribution in [0.3, 0.4) is 0 Å². The Balaban J connectivity index is 1.52. The number of nitrogens with one attached hydrogen (secondary N) is 1. The molecular weight excluding hydrogens is 453 g/mol. The molecule has 1 saturated heterocycles. The van der Waals surface area contributed by atoms with Crippen LogP contribution in [0, 0.1) is 5.82 Å². The summed E-state index contributed by atoms with van der Waals surface area (Å²) >= 11 is 5.89. The van der Waals surface area contributed by atoms with E-state index in [2.05, 4.69) is 15.3 Å². The minimum Gasteiger partial charge on any atom is -0.493 e. The summed E-state index contributed by atoms with van der Waals surface area (Å²) in [6.07, 6.45) is 1.09. The van der Waals surface area contributed by atoms with Gasteiger partial charge in [0, 0.05) is 43.8 Å². The maximum atomic E-state index is 13.5. The van der Waals surface area contributed by atoms with Crippen LogP contribution in [0.25, 0.3) is 10.9 Å². The molecule has 1 aliphatic heterocycles. The van der Waals surface area contributed by atoms with E-state index < -0.39 is 5.82 Å². The highest BCUT2D eigenvalue weighted by Crippen LogP contribution is 2.35. The first-order valence-corrected chi connectivity index (χ1v) is 10.6. The predicted molar refractivity (Wildman–Crippen MR) is 122 cm³/mol. The average Bonchev–Trinajstić information content (AvgIpc) is 2.97. The molecule has 1 fully saturated rings. The topological polar surface area (TPSA) is 89.1 Å². The first-order valence-electron chi connectivity index (χ1n) is 10.2. The number of aromatic nitrogens is 2. The lowest BCUT2D eigenvalue weighted by molar-refractivity contribution is 0.0706. The van der Waals surface area contributed by atoms with Crippen molar-refractivity contribution in [1.29, 1.82) is 0 Å². The van der Waals surface area contributed by atoms with Gasteiger partial charge in [-0.2, -0.15) is 0 Å². The number of carbonyl (C=O) groups excluding carboxylic acids is 1. The van der Waals surface area contributed by atoms with Gasteiger partial charge in [0.25, 0.3) is 0 Å². The summed E-state index contributed by atoms with van der Waals surface area (Å²) in [6, 6.07) is 7.89. The van der Waals surface area contributed by atoms with E-state index in [-0.39, 0.29) is 17.8 Å². The first-order chi connectivity index (χ1) is 15.9. The number of rotatable bonds is 7. The van der Waals surface area contributed by atoms with Crippen LogP contribution < -0.4 is 14.8 Å². The molecule has 0 unspecified atom stereocenters. The molecule has 0 spiro atoms. The summed E-state index contributed by atoms with van der Waals surface area (Å²) in [7, 11) is 3.26. The average molecular weight is 476 g/mol. The van der Waals surface area contributed by atoms with Crippen molar-refractivity contribution >= 4 is 40.1 Å². The van der Waals surface area contributed by atoms with Crippen LogP contribution in [-0.4, -0.2) is 73.0 Å². The SMILES string of the molecule is COc1cc2ncnc(Nc3ccc(F)c(Cl)c3)c2cc1OCCN1CCN(C)C(=O)OC1. The van der Waals surface area contributed by atoms with Gasteiger partial charge in [-0.1, -0.05) is 11.6 Å². The zero-order chi connectivity index (χ0) is 23.4. The molecule has 11 heteroatoms. The zero-order valence-corrected chi connectivity index (χ0v) is 18.9. The Bertz CT molecular complexity index is 1170. The highest BCUT2D eigenvalue weighted by molar-refractivity contribution is 6.31. The van der Waals surface area contributed by atoms with Gasteiger partial charge < -0.3 is 24.4 Å². The summed E-state index contributed by atoms with van der Waals surface area (Å²) in [4.78, 5) is 23.8. The summed E-state index contributed by atoms with van der Waals surface area (Å²) in [5.41, 5.74) is 1.23. The molecule has 3 aromatic rings. The fraction of sp³-hybridized carbons (Fsp3) is 0.318. The minimum atomic E-state index is -0.499. The maximum Gasteiger partial charge on any atom is 0.410 e. The van der Waals surface area contributed by atoms with E-state index in [4.69, 9.17) is 25.8 Å². The summed E-state index contributed by atoms with van der Waals surface area (Å²) in [5.74, 6) is 1.06. The molecule has 33 heavy (non-hydrogen) atoms. The number of halogens is 2.